The molecule has 0 aliphatic carbocycles. The van der Waals surface area contributed by atoms with Gasteiger partial charge in [0, 0.05) is 25.7 Å². The Balaban J connectivity index is 2.18. The van der Waals surface area contributed by atoms with Crippen molar-refractivity contribution in [2.75, 3.05) is 24.5 Å². The predicted molar refractivity (Wildman–Crippen MR) is 59.0 cm³/mol. The molecule has 1 atom stereocenters. The maximum atomic E-state index is 4.46. The van der Waals surface area contributed by atoms with E-state index in [1.165, 1.54) is 0 Å². The summed E-state index contributed by atoms with van der Waals surface area (Å²) >= 11 is 0. The second-order valence-corrected chi connectivity index (χ2v) is 4.08. The maximum absolute atomic E-state index is 4.46. The van der Waals surface area contributed by atoms with E-state index in [2.05, 4.69) is 32.3 Å². The second kappa shape index (κ2) is 4.10. The minimum atomic E-state index is 0.490. The monoisotopic (exact) mass is 207 g/mol. The molecule has 0 spiro atoms. The van der Waals surface area contributed by atoms with Crippen LogP contribution in [0, 0.1) is 13.8 Å². The van der Waals surface area contributed by atoms with Crippen LogP contribution in [-0.2, 0) is 0 Å². The van der Waals surface area contributed by atoms with Crippen molar-refractivity contribution in [2.45, 2.75) is 26.8 Å². The number of nitrogens with one attached hydrogen (secondary N) is 1. The first-order valence-corrected chi connectivity index (χ1v) is 5.33. The summed E-state index contributed by atoms with van der Waals surface area (Å²) < 4.78 is 0. The maximum Gasteiger partial charge on any atom is 0.245 e. The molecule has 0 bridgehead atoms. The van der Waals surface area contributed by atoms with Gasteiger partial charge in [0.1, 0.15) is 0 Å². The lowest BCUT2D eigenvalue weighted by molar-refractivity contribution is 0.477. The van der Waals surface area contributed by atoms with Crippen molar-refractivity contribution in [1.82, 2.24) is 20.5 Å². The highest BCUT2D eigenvalue weighted by Crippen LogP contribution is 2.10. The summed E-state index contributed by atoms with van der Waals surface area (Å²) in [7, 11) is 0. The van der Waals surface area contributed by atoms with Crippen LogP contribution < -0.4 is 10.2 Å². The molecule has 1 aliphatic rings. The van der Waals surface area contributed by atoms with Gasteiger partial charge in [-0.2, -0.15) is 5.10 Å². The van der Waals surface area contributed by atoms with E-state index in [-0.39, 0.29) is 0 Å². The summed E-state index contributed by atoms with van der Waals surface area (Å²) in [6, 6.07) is 0.490. The van der Waals surface area contributed by atoms with Crippen LogP contribution in [-0.4, -0.2) is 40.9 Å². The minimum absolute atomic E-state index is 0.490. The van der Waals surface area contributed by atoms with Gasteiger partial charge in [0.15, 0.2) is 0 Å². The first-order valence-electron chi connectivity index (χ1n) is 5.33. The molecule has 0 radical (unpaired) electrons. The third-order valence-corrected chi connectivity index (χ3v) is 2.73. The molecule has 5 heteroatoms. The highest BCUT2D eigenvalue weighted by Gasteiger charge is 2.18. The highest BCUT2D eigenvalue weighted by atomic mass is 15.3. The molecule has 1 aromatic rings. The molecule has 2 heterocycles. The topological polar surface area (TPSA) is 53.9 Å². The zero-order valence-corrected chi connectivity index (χ0v) is 9.49. The average molecular weight is 207 g/mol. The zero-order chi connectivity index (χ0) is 10.8. The van der Waals surface area contributed by atoms with Gasteiger partial charge in [-0.25, -0.2) is 4.98 Å². The van der Waals surface area contributed by atoms with E-state index < -0.39 is 0 Å². The molecule has 2 rings (SSSR count). The van der Waals surface area contributed by atoms with E-state index in [9.17, 15) is 0 Å². The van der Waals surface area contributed by atoms with E-state index in [1.54, 1.807) is 0 Å². The van der Waals surface area contributed by atoms with E-state index in [1.807, 2.05) is 13.8 Å². The van der Waals surface area contributed by atoms with Gasteiger partial charge in [0.05, 0.1) is 11.4 Å². The van der Waals surface area contributed by atoms with Crippen molar-refractivity contribution in [3.63, 3.8) is 0 Å². The van der Waals surface area contributed by atoms with Crippen LogP contribution in [0.1, 0.15) is 18.3 Å². The Labute approximate surface area is 89.9 Å². The fourth-order valence-corrected chi connectivity index (χ4v) is 1.69. The number of nitrogens with zero attached hydrogens (tertiary/aromatic N) is 4. The van der Waals surface area contributed by atoms with Crippen LogP contribution in [0.25, 0.3) is 0 Å². The zero-order valence-electron chi connectivity index (χ0n) is 9.49. The van der Waals surface area contributed by atoms with Crippen molar-refractivity contribution >= 4 is 5.95 Å². The van der Waals surface area contributed by atoms with Crippen molar-refractivity contribution in [2.24, 2.45) is 0 Å². The lowest BCUT2D eigenvalue weighted by Crippen LogP contribution is -2.50. The second-order valence-electron chi connectivity index (χ2n) is 4.08. The number of anilines is 1. The molecule has 5 nitrogen and oxygen atoms in total. The van der Waals surface area contributed by atoms with Gasteiger partial charge in [-0.3, -0.25) is 0 Å². The summed E-state index contributed by atoms with van der Waals surface area (Å²) in [6.45, 7) is 8.95. The Morgan fingerprint density at radius 3 is 2.73 bits per heavy atom. The standard InChI is InChI=1S/C10H17N5/c1-7-6-15(5-4-11-7)10-12-8(2)9(3)13-14-10/h7,11H,4-6H2,1-3H3. The Kier molecular flexibility index (Phi) is 2.81. The smallest absolute Gasteiger partial charge is 0.245 e. The Morgan fingerprint density at radius 1 is 1.27 bits per heavy atom. The van der Waals surface area contributed by atoms with Crippen molar-refractivity contribution < 1.29 is 0 Å². The van der Waals surface area contributed by atoms with Gasteiger partial charge in [-0.05, 0) is 20.8 Å². The summed E-state index contributed by atoms with van der Waals surface area (Å²) in [5.74, 6) is 0.756. The number of piperazine rings is 1. The van der Waals surface area contributed by atoms with Gasteiger partial charge in [-0.15, -0.1) is 5.10 Å². The van der Waals surface area contributed by atoms with Crippen molar-refractivity contribution in [3.8, 4) is 0 Å². The van der Waals surface area contributed by atoms with Crippen molar-refractivity contribution in [3.05, 3.63) is 11.4 Å². The summed E-state index contributed by atoms with van der Waals surface area (Å²) in [5.41, 5.74) is 1.87. The number of hydrogen-bond donors (Lipinski definition) is 1. The molecule has 0 aromatic carbocycles. The van der Waals surface area contributed by atoms with Crippen molar-refractivity contribution in [1.29, 1.82) is 0 Å². The van der Waals surface area contributed by atoms with Crippen LogP contribution in [0.3, 0.4) is 0 Å². The Morgan fingerprint density at radius 2 is 2.07 bits per heavy atom. The molecule has 1 fully saturated rings. The number of aromatic nitrogens is 3. The molecule has 1 unspecified atom stereocenters. The minimum Gasteiger partial charge on any atom is -0.337 e. The molecule has 1 aliphatic heterocycles. The summed E-state index contributed by atoms with van der Waals surface area (Å²) in [6.07, 6.45) is 0. The number of aryl methyl sites for hydroxylation is 2. The number of hydrogen-bond acceptors (Lipinski definition) is 5. The summed E-state index contributed by atoms with van der Waals surface area (Å²) in [4.78, 5) is 6.64. The highest BCUT2D eigenvalue weighted by molar-refractivity contribution is 5.31. The quantitative estimate of drug-likeness (QED) is 0.717. The van der Waals surface area contributed by atoms with Crippen LogP contribution in [0.5, 0.6) is 0 Å². The normalized spacial score (nSPS) is 21.8. The lowest BCUT2D eigenvalue weighted by Gasteiger charge is -2.31. The molecule has 1 N–H and O–H groups in total. The van der Waals surface area contributed by atoms with E-state index >= 15 is 0 Å². The van der Waals surface area contributed by atoms with Gasteiger partial charge >= 0.3 is 0 Å². The predicted octanol–water partition coefficient (Wildman–Crippen LogP) is 0.287. The molecular weight excluding hydrogens is 190 g/mol. The van der Waals surface area contributed by atoms with Gasteiger partial charge in [0.2, 0.25) is 5.95 Å². The van der Waals surface area contributed by atoms with Gasteiger partial charge < -0.3 is 10.2 Å². The van der Waals surface area contributed by atoms with Crippen LogP contribution in [0.2, 0.25) is 0 Å². The first-order chi connectivity index (χ1) is 7.16. The fraction of sp³-hybridized carbons (Fsp3) is 0.700. The summed E-state index contributed by atoms with van der Waals surface area (Å²) in [5, 5.41) is 11.6. The van der Waals surface area contributed by atoms with E-state index in [0.29, 0.717) is 6.04 Å². The molecule has 82 valence electrons. The third-order valence-electron chi connectivity index (χ3n) is 2.73. The SMILES string of the molecule is Cc1nnc(N2CCNC(C)C2)nc1C. The van der Waals surface area contributed by atoms with E-state index in [4.69, 9.17) is 0 Å². The Bertz CT molecular complexity index is 352. The molecule has 0 amide bonds. The fourth-order valence-electron chi connectivity index (χ4n) is 1.69. The van der Waals surface area contributed by atoms with Crippen LogP contribution in [0.4, 0.5) is 5.95 Å². The molecular formula is C10H17N5. The molecule has 1 saturated heterocycles. The van der Waals surface area contributed by atoms with Crippen LogP contribution in [0.15, 0.2) is 0 Å². The van der Waals surface area contributed by atoms with Crippen LogP contribution >= 0.6 is 0 Å². The van der Waals surface area contributed by atoms with Gasteiger partial charge in [0.25, 0.3) is 0 Å². The molecule has 1 aromatic heterocycles. The average Bonchev–Trinajstić information content (AvgIpc) is 2.22. The Hall–Kier alpha value is -1.23. The first kappa shape index (κ1) is 10.3. The van der Waals surface area contributed by atoms with Gasteiger partial charge in [-0.1, -0.05) is 0 Å². The van der Waals surface area contributed by atoms with E-state index in [0.717, 1.165) is 37.0 Å². The third kappa shape index (κ3) is 2.23. The molecule has 15 heavy (non-hydrogen) atoms. The number of rotatable bonds is 1. The lowest BCUT2D eigenvalue weighted by atomic mass is 10.2. The molecule has 0 saturated carbocycles. The largest absolute Gasteiger partial charge is 0.337 e.